The Morgan fingerprint density at radius 1 is 1.14 bits per heavy atom. The van der Waals surface area contributed by atoms with Gasteiger partial charge in [0, 0.05) is 34.9 Å². The summed E-state index contributed by atoms with van der Waals surface area (Å²) in [6.45, 7) is 0.750. The molecule has 1 amide bonds. The first kappa shape index (κ1) is 13.2. The summed E-state index contributed by atoms with van der Waals surface area (Å²) in [6.07, 6.45) is 2.71. The number of thiazole rings is 1. The number of amides is 1. The number of benzene rings is 2. The number of carbonyl (C=O) groups excluding carboxylic acids is 1. The molecule has 0 saturated heterocycles. The Bertz CT molecular complexity index is 827. The minimum Gasteiger partial charge on any atom is -0.308 e. The summed E-state index contributed by atoms with van der Waals surface area (Å²) >= 11 is 1.58. The molecule has 0 unspecified atom stereocenters. The van der Waals surface area contributed by atoms with E-state index < -0.39 is 0 Å². The fourth-order valence-electron chi connectivity index (χ4n) is 2.86. The Morgan fingerprint density at radius 3 is 2.91 bits per heavy atom. The molecule has 0 atom stereocenters. The second kappa shape index (κ2) is 5.39. The zero-order chi connectivity index (χ0) is 14.9. The van der Waals surface area contributed by atoms with E-state index in [1.165, 1.54) is 5.56 Å². The van der Waals surface area contributed by atoms with Gasteiger partial charge in [-0.25, -0.2) is 4.98 Å². The van der Waals surface area contributed by atoms with Crippen molar-refractivity contribution >= 4 is 22.9 Å². The van der Waals surface area contributed by atoms with Crippen molar-refractivity contribution in [1.29, 1.82) is 0 Å². The van der Waals surface area contributed by atoms with Gasteiger partial charge >= 0.3 is 0 Å². The number of carbonyl (C=O) groups is 1. The molecule has 3 nitrogen and oxygen atoms in total. The minimum absolute atomic E-state index is 0.0587. The van der Waals surface area contributed by atoms with Gasteiger partial charge < -0.3 is 4.90 Å². The van der Waals surface area contributed by atoms with Crippen molar-refractivity contribution in [3.8, 4) is 10.6 Å². The lowest BCUT2D eigenvalue weighted by atomic mass is 10.1. The molecule has 0 saturated carbocycles. The van der Waals surface area contributed by atoms with Crippen molar-refractivity contribution in [2.75, 3.05) is 11.4 Å². The summed E-state index contributed by atoms with van der Waals surface area (Å²) < 4.78 is 0. The van der Waals surface area contributed by atoms with Gasteiger partial charge in [-0.3, -0.25) is 4.79 Å². The van der Waals surface area contributed by atoms with Crippen molar-refractivity contribution in [3.63, 3.8) is 0 Å². The lowest BCUT2D eigenvalue weighted by Crippen LogP contribution is -2.28. The van der Waals surface area contributed by atoms with Crippen LogP contribution in [0.1, 0.15) is 15.9 Å². The van der Waals surface area contributed by atoms with Gasteiger partial charge in [0.15, 0.2) is 0 Å². The lowest BCUT2D eigenvalue weighted by Gasteiger charge is -2.17. The molecule has 0 radical (unpaired) electrons. The lowest BCUT2D eigenvalue weighted by molar-refractivity contribution is 0.0989. The normalized spacial score (nSPS) is 13.2. The van der Waals surface area contributed by atoms with Gasteiger partial charge in [-0.15, -0.1) is 11.3 Å². The number of hydrogen-bond acceptors (Lipinski definition) is 3. The molecule has 0 aliphatic carbocycles. The second-order valence-corrected chi connectivity index (χ2v) is 6.15. The van der Waals surface area contributed by atoms with Crippen LogP contribution >= 0.6 is 11.3 Å². The molecule has 1 aromatic heterocycles. The van der Waals surface area contributed by atoms with E-state index >= 15 is 0 Å². The Hall–Kier alpha value is -2.46. The Morgan fingerprint density at radius 2 is 2.05 bits per heavy atom. The first-order valence-corrected chi connectivity index (χ1v) is 8.10. The summed E-state index contributed by atoms with van der Waals surface area (Å²) in [7, 11) is 0. The molecular weight excluding hydrogens is 292 g/mol. The van der Waals surface area contributed by atoms with E-state index in [0.717, 1.165) is 29.2 Å². The van der Waals surface area contributed by atoms with E-state index in [9.17, 15) is 4.79 Å². The van der Waals surface area contributed by atoms with E-state index in [4.69, 9.17) is 0 Å². The predicted octanol–water partition coefficient (Wildman–Crippen LogP) is 4.01. The van der Waals surface area contributed by atoms with Crippen LogP contribution in [0.25, 0.3) is 10.6 Å². The van der Waals surface area contributed by atoms with Crippen LogP contribution in [-0.4, -0.2) is 17.4 Å². The molecule has 3 aromatic rings. The molecular formula is C18H14N2OS. The maximum atomic E-state index is 12.8. The van der Waals surface area contributed by atoms with Crippen LogP contribution in [0.4, 0.5) is 5.69 Å². The third-order valence-corrected chi connectivity index (χ3v) is 4.74. The van der Waals surface area contributed by atoms with Crippen molar-refractivity contribution in [2.45, 2.75) is 6.42 Å². The van der Waals surface area contributed by atoms with Crippen molar-refractivity contribution in [1.82, 2.24) is 4.98 Å². The maximum Gasteiger partial charge on any atom is 0.258 e. The zero-order valence-corrected chi connectivity index (χ0v) is 12.7. The molecule has 4 rings (SSSR count). The smallest absolute Gasteiger partial charge is 0.258 e. The highest BCUT2D eigenvalue weighted by Crippen LogP contribution is 2.30. The Balaban J connectivity index is 1.68. The van der Waals surface area contributed by atoms with Crippen LogP contribution in [0.5, 0.6) is 0 Å². The number of anilines is 1. The SMILES string of the molecule is O=C(c1cccc(-c2nccs2)c1)N1CCc2ccccc21. The average molecular weight is 306 g/mol. The highest BCUT2D eigenvalue weighted by molar-refractivity contribution is 7.13. The first-order valence-electron chi connectivity index (χ1n) is 7.22. The highest BCUT2D eigenvalue weighted by atomic mass is 32.1. The quantitative estimate of drug-likeness (QED) is 0.716. The fourth-order valence-corrected chi connectivity index (χ4v) is 3.49. The molecule has 0 spiro atoms. The molecule has 0 N–H and O–H groups in total. The fraction of sp³-hybridized carbons (Fsp3) is 0.111. The van der Waals surface area contributed by atoms with Crippen molar-refractivity contribution in [2.24, 2.45) is 0 Å². The van der Waals surface area contributed by atoms with Crippen LogP contribution in [0.15, 0.2) is 60.1 Å². The van der Waals surface area contributed by atoms with Crippen LogP contribution in [0.3, 0.4) is 0 Å². The van der Waals surface area contributed by atoms with Gasteiger partial charge in [0.25, 0.3) is 5.91 Å². The molecule has 22 heavy (non-hydrogen) atoms. The second-order valence-electron chi connectivity index (χ2n) is 5.25. The molecule has 0 fully saturated rings. The largest absolute Gasteiger partial charge is 0.308 e. The summed E-state index contributed by atoms with van der Waals surface area (Å²) in [5.74, 6) is 0.0587. The maximum absolute atomic E-state index is 12.8. The number of rotatable bonds is 2. The molecule has 1 aliphatic rings. The first-order chi connectivity index (χ1) is 10.8. The van der Waals surface area contributed by atoms with Gasteiger partial charge in [0.1, 0.15) is 5.01 Å². The molecule has 1 aliphatic heterocycles. The van der Waals surface area contributed by atoms with E-state index in [2.05, 4.69) is 11.1 Å². The van der Waals surface area contributed by atoms with Gasteiger partial charge in [-0.2, -0.15) is 0 Å². The van der Waals surface area contributed by atoms with Crippen molar-refractivity contribution in [3.05, 3.63) is 71.2 Å². The highest BCUT2D eigenvalue weighted by Gasteiger charge is 2.25. The third-order valence-electron chi connectivity index (χ3n) is 3.92. The van der Waals surface area contributed by atoms with Gasteiger partial charge in [0.05, 0.1) is 0 Å². The third kappa shape index (κ3) is 2.22. The topological polar surface area (TPSA) is 33.2 Å². The van der Waals surface area contributed by atoms with Gasteiger partial charge in [-0.05, 0) is 30.2 Å². The Kier molecular flexibility index (Phi) is 3.24. The van der Waals surface area contributed by atoms with E-state index in [-0.39, 0.29) is 5.91 Å². The number of para-hydroxylation sites is 1. The van der Waals surface area contributed by atoms with Crippen LogP contribution in [-0.2, 0) is 6.42 Å². The minimum atomic E-state index is 0.0587. The predicted molar refractivity (Wildman–Crippen MR) is 89.4 cm³/mol. The standard InChI is InChI=1S/C18H14N2OS/c21-18(20-10-8-13-4-1-2-7-16(13)20)15-6-3-5-14(12-15)17-19-9-11-22-17/h1-7,9,11-12H,8,10H2. The average Bonchev–Trinajstić information content (AvgIpc) is 3.24. The summed E-state index contributed by atoms with van der Waals surface area (Å²) in [4.78, 5) is 19.0. The number of nitrogens with zero attached hydrogens (tertiary/aromatic N) is 2. The van der Waals surface area contributed by atoms with Gasteiger partial charge in [-0.1, -0.05) is 30.3 Å². The van der Waals surface area contributed by atoms with E-state index in [1.54, 1.807) is 17.5 Å². The van der Waals surface area contributed by atoms with E-state index in [0.29, 0.717) is 5.56 Å². The Labute approximate surface area is 132 Å². The monoisotopic (exact) mass is 306 g/mol. The van der Waals surface area contributed by atoms with Crippen LogP contribution < -0.4 is 4.90 Å². The zero-order valence-electron chi connectivity index (χ0n) is 11.9. The molecule has 4 heteroatoms. The number of fused-ring (bicyclic) bond motifs is 1. The molecule has 108 valence electrons. The molecule has 2 aromatic carbocycles. The summed E-state index contributed by atoms with van der Waals surface area (Å²) in [5.41, 5.74) is 3.98. The van der Waals surface area contributed by atoms with Gasteiger partial charge in [0.2, 0.25) is 0 Å². The van der Waals surface area contributed by atoms with Crippen LogP contribution in [0, 0.1) is 0 Å². The van der Waals surface area contributed by atoms with E-state index in [1.807, 2.05) is 52.7 Å². The van der Waals surface area contributed by atoms with Crippen molar-refractivity contribution < 1.29 is 4.79 Å². The summed E-state index contributed by atoms with van der Waals surface area (Å²) in [6, 6.07) is 15.8. The number of aromatic nitrogens is 1. The number of hydrogen-bond donors (Lipinski definition) is 0. The molecule has 0 bridgehead atoms. The van der Waals surface area contributed by atoms with Crippen LogP contribution in [0.2, 0.25) is 0 Å². The summed E-state index contributed by atoms with van der Waals surface area (Å²) in [5, 5.41) is 2.89. The molecule has 2 heterocycles.